The summed E-state index contributed by atoms with van der Waals surface area (Å²) >= 11 is 0. The first kappa shape index (κ1) is 64.3. The first-order chi connectivity index (χ1) is 32.1. The van der Waals surface area contributed by atoms with Gasteiger partial charge in [-0.2, -0.15) is 0 Å². The summed E-state index contributed by atoms with van der Waals surface area (Å²) in [5, 5.41) is 33.6. The van der Waals surface area contributed by atoms with Crippen LogP contribution in [0.15, 0.2) is 0 Å². The van der Waals surface area contributed by atoms with Crippen molar-refractivity contribution in [1.82, 2.24) is 5.32 Å². The summed E-state index contributed by atoms with van der Waals surface area (Å²) in [6.45, 7) is 4.28. The van der Waals surface area contributed by atoms with Crippen LogP contribution >= 0.6 is 0 Å². The SMILES string of the molecule is CCCCCCCCCCCCCCCCCCCCCCCCCCCCCCCCCCC(O)C(=O)NC(CO)C(O)CCCCCCCCCCCCCCCCCCCCC. The molecule has 0 fully saturated rings. The standard InChI is InChI=1S/C60H121NO4/c1-3-5-7-9-11-13-15-17-19-21-23-24-25-26-27-28-29-30-31-32-33-34-35-37-39-41-43-45-47-49-51-53-55-59(64)60(65)61-57(56-62)58(63)54-52-50-48-46-44-42-40-38-36-22-20-18-16-14-12-10-8-6-4-2/h57-59,62-64H,3-56H2,1-2H3,(H,61,65). The molecule has 0 spiro atoms. The van der Waals surface area contributed by atoms with Crippen molar-refractivity contribution < 1.29 is 20.1 Å². The average molecular weight is 921 g/mol. The first-order valence-electron chi connectivity index (χ1n) is 30.3. The maximum Gasteiger partial charge on any atom is 0.249 e. The van der Waals surface area contributed by atoms with Gasteiger partial charge >= 0.3 is 0 Å². The molecule has 0 rings (SSSR count). The molecule has 0 aliphatic rings. The van der Waals surface area contributed by atoms with Crippen molar-refractivity contribution in [3.05, 3.63) is 0 Å². The topological polar surface area (TPSA) is 89.8 Å². The molecule has 65 heavy (non-hydrogen) atoms. The van der Waals surface area contributed by atoms with E-state index in [0.29, 0.717) is 12.8 Å². The van der Waals surface area contributed by atoms with Crippen LogP contribution in [0.1, 0.15) is 354 Å². The summed E-state index contributed by atoms with van der Waals surface area (Å²) in [6.07, 6.45) is 68.9. The van der Waals surface area contributed by atoms with Crippen LogP contribution in [0.25, 0.3) is 0 Å². The van der Waals surface area contributed by atoms with E-state index in [1.54, 1.807) is 0 Å². The van der Waals surface area contributed by atoms with Crippen LogP contribution in [0.5, 0.6) is 0 Å². The summed E-state index contributed by atoms with van der Waals surface area (Å²) in [5.41, 5.74) is 0. The molecule has 4 N–H and O–H groups in total. The largest absolute Gasteiger partial charge is 0.394 e. The van der Waals surface area contributed by atoms with Crippen molar-refractivity contribution in [2.24, 2.45) is 0 Å². The molecule has 0 aromatic carbocycles. The number of nitrogens with one attached hydrogen (secondary N) is 1. The van der Waals surface area contributed by atoms with E-state index in [1.807, 2.05) is 0 Å². The molecule has 0 saturated carbocycles. The zero-order chi connectivity index (χ0) is 47.2. The Hall–Kier alpha value is -0.650. The van der Waals surface area contributed by atoms with Crippen molar-refractivity contribution in [3.63, 3.8) is 0 Å². The molecule has 0 aliphatic carbocycles. The summed E-state index contributed by atoms with van der Waals surface area (Å²) in [6, 6.07) is -0.707. The summed E-state index contributed by atoms with van der Waals surface area (Å²) in [5.74, 6) is -0.461. The van der Waals surface area contributed by atoms with E-state index >= 15 is 0 Å². The molecule has 0 heterocycles. The fraction of sp³-hybridized carbons (Fsp3) is 0.983. The van der Waals surface area contributed by atoms with Gasteiger partial charge in [0.05, 0.1) is 18.8 Å². The minimum Gasteiger partial charge on any atom is -0.394 e. The lowest BCUT2D eigenvalue weighted by Gasteiger charge is -2.23. The molecule has 0 saturated heterocycles. The Morgan fingerprint density at radius 2 is 0.492 bits per heavy atom. The number of carbonyl (C=O) groups is 1. The minimum absolute atomic E-state index is 0.307. The van der Waals surface area contributed by atoms with Crippen LogP contribution in [0.4, 0.5) is 0 Å². The maximum absolute atomic E-state index is 12.6. The third-order valence-electron chi connectivity index (χ3n) is 14.7. The molecule has 0 bridgehead atoms. The van der Waals surface area contributed by atoms with E-state index in [4.69, 9.17) is 0 Å². The van der Waals surface area contributed by atoms with Crippen molar-refractivity contribution in [3.8, 4) is 0 Å². The third-order valence-corrected chi connectivity index (χ3v) is 14.7. The molecular weight excluding hydrogens is 799 g/mol. The van der Waals surface area contributed by atoms with Gasteiger partial charge in [-0.15, -0.1) is 0 Å². The third kappa shape index (κ3) is 51.0. The monoisotopic (exact) mass is 920 g/mol. The van der Waals surface area contributed by atoms with Crippen molar-refractivity contribution in [2.45, 2.75) is 372 Å². The Kier molecular flexibility index (Phi) is 55.4. The van der Waals surface area contributed by atoms with E-state index < -0.39 is 24.2 Å². The maximum atomic E-state index is 12.6. The van der Waals surface area contributed by atoms with E-state index in [2.05, 4.69) is 19.2 Å². The number of aliphatic hydroxyl groups excluding tert-OH is 3. The number of amides is 1. The van der Waals surface area contributed by atoms with Gasteiger partial charge in [0.25, 0.3) is 0 Å². The predicted molar refractivity (Wildman–Crippen MR) is 287 cm³/mol. The predicted octanol–water partition coefficient (Wildman–Crippen LogP) is 18.9. The second kappa shape index (κ2) is 55.9. The second-order valence-corrected chi connectivity index (χ2v) is 21.3. The fourth-order valence-electron chi connectivity index (χ4n) is 10.0. The lowest BCUT2D eigenvalue weighted by Crippen LogP contribution is -2.49. The number of hydrogen-bond donors (Lipinski definition) is 4. The van der Waals surface area contributed by atoms with Crippen molar-refractivity contribution in [2.75, 3.05) is 6.61 Å². The molecule has 5 nitrogen and oxygen atoms in total. The Bertz CT molecular complexity index is 883. The fourth-order valence-corrected chi connectivity index (χ4v) is 10.0. The number of hydrogen-bond acceptors (Lipinski definition) is 4. The molecule has 0 aliphatic heterocycles. The summed E-state index contributed by atoms with van der Waals surface area (Å²) in [4.78, 5) is 12.6. The van der Waals surface area contributed by atoms with Crippen LogP contribution in [0, 0.1) is 0 Å². The van der Waals surface area contributed by atoms with E-state index in [0.717, 1.165) is 32.1 Å². The van der Waals surface area contributed by atoms with Gasteiger partial charge in [-0.1, -0.05) is 341 Å². The Morgan fingerprint density at radius 3 is 0.692 bits per heavy atom. The van der Waals surface area contributed by atoms with Gasteiger partial charge in [0, 0.05) is 0 Å². The first-order valence-corrected chi connectivity index (χ1v) is 30.3. The van der Waals surface area contributed by atoms with Crippen LogP contribution in [-0.2, 0) is 4.79 Å². The van der Waals surface area contributed by atoms with Gasteiger partial charge in [0.15, 0.2) is 0 Å². The quantitative estimate of drug-likeness (QED) is 0.0458. The summed E-state index contributed by atoms with van der Waals surface area (Å²) < 4.78 is 0. The highest BCUT2D eigenvalue weighted by molar-refractivity contribution is 5.80. The van der Waals surface area contributed by atoms with Crippen LogP contribution in [0.3, 0.4) is 0 Å². The number of aliphatic hydroxyl groups is 3. The van der Waals surface area contributed by atoms with E-state index in [1.165, 1.54) is 295 Å². The Balaban J connectivity index is 3.44. The van der Waals surface area contributed by atoms with Gasteiger partial charge in [-0.3, -0.25) is 4.79 Å². The molecule has 0 radical (unpaired) electrons. The number of unbranched alkanes of at least 4 members (excludes halogenated alkanes) is 49. The average Bonchev–Trinajstić information content (AvgIpc) is 3.31. The number of carbonyl (C=O) groups excluding carboxylic acids is 1. The van der Waals surface area contributed by atoms with Gasteiger partial charge in [0.2, 0.25) is 5.91 Å². The van der Waals surface area contributed by atoms with Crippen molar-refractivity contribution >= 4 is 5.91 Å². The summed E-state index contributed by atoms with van der Waals surface area (Å²) in [7, 11) is 0. The molecule has 0 aromatic heterocycles. The lowest BCUT2D eigenvalue weighted by atomic mass is 10.0. The molecule has 5 heteroatoms. The normalized spacial score (nSPS) is 13.1. The Morgan fingerprint density at radius 1 is 0.308 bits per heavy atom. The molecule has 390 valence electrons. The zero-order valence-corrected chi connectivity index (χ0v) is 44.7. The highest BCUT2D eigenvalue weighted by Gasteiger charge is 2.23. The lowest BCUT2D eigenvalue weighted by molar-refractivity contribution is -0.131. The second-order valence-electron chi connectivity index (χ2n) is 21.3. The molecule has 3 atom stereocenters. The Labute approximate surface area is 408 Å². The van der Waals surface area contributed by atoms with Crippen LogP contribution in [-0.4, -0.2) is 46.1 Å². The van der Waals surface area contributed by atoms with E-state index in [9.17, 15) is 20.1 Å². The minimum atomic E-state index is -1.07. The van der Waals surface area contributed by atoms with Crippen LogP contribution in [0.2, 0.25) is 0 Å². The van der Waals surface area contributed by atoms with E-state index in [-0.39, 0.29) is 6.61 Å². The number of rotatable bonds is 57. The highest BCUT2D eigenvalue weighted by atomic mass is 16.3. The smallest absolute Gasteiger partial charge is 0.249 e. The van der Waals surface area contributed by atoms with Crippen molar-refractivity contribution in [1.29, 1.82) is 0 Å². The molecular formula is C60H121NO4. The van der Waals surface area contributed by atoms with Gasteiger partial charge in [-0.25, -0.2) is 0 Å². The molecule has 0 aromatic rings. The zero-order valence-electron chi connectivity index (χ0n) is 44.7. The van der Waals surface area contributed by atoms with Crippen LogP contribution < -0.4 is 5.32 Å². The molecule has 3 unspecified atom stereocenters. The van der Waals surface area contributed by atoms with Gasteiger partial charge < -0.3 is 20.6 Å². The highest BCUT2D eigenvalue weighted by Crippen LogP contribution is 2.19. The van der Waals surface area contributed by atoms with Gasteiger partial charge in [-0.05, 0) is 12.8 Å². The van der Waals surface area contributed by atoms with Gasteiger partial charge in [0.1, 0.15) is 6.10 Å². The molecule has 1 amide bonds.